The third-order valence-corrected chi connectivity index (χ3v) is 4.32. The highest BCUT2D eigenvalue weighted by atomic mass is 16.5. The number of amides is 1. The van der Waals surface area contributed by atoms with E-state index in [1.807, 2.05) is 6.92 Å². The van der Waals surface area contributed by atoms with Crippen LogP contribution >= 0.6 is 0 Å². The van der Waals surface area contributed by atoms with Crippen molar-refractivity contribution < 1.29 is 19.2 Å². The molecule has 0 aliphatic heterocycles. The summed E-state index contributed by atoms with van der Waals surface area (Å²) < 4.78 is 4.98. The summed E-state index contributed by atoms with van der Waals surface area (Å²) >= 11 is 0. The van der Waals surface area contributed by atoms with Crippen LogP contribution in [-0.2, 0) is 16.1 Å². The maximum Gasteiger partial charge on any atom is 0.307 e. The summed E-state index contributed by atoms with van der Waals surface area (Å²) in [5.74, 6) is -0.952. The molecule has 2 rings (SSSR count). The van der Waals surface area contributed by atoms with Gasteiger partial charge in [-0.25, -0.2) is 0 Å². The first-order valence-electron chi connectivity index (χ1n) is 7.32. The zero-order chi connectivity index (χ0) is 15.6. The molecule has 0 saturated heterocycles. The average Bonchev–Trinajstić information content (AvgIpc) is 3.04. The van der Waals surface area contributed by atoms with Crippen molar-refractivity contribution in [2.45, 2.75) is 39.7 Å². The monoisotopic (exact) mass is 294 g/mol. The van der Waals surface area contributed by atoms with Crippen molar-refractivity contribution in [1.82, 2.24) is 10.1 Å². The van der Waals surface area contributed by atoms with Gasteiger partial charge in [0.15, 0.2) is 0 Å². The van der Waals surface area contributed by atoms with Crippen LogP contribution in [0.2, 0.25) is 0 Å². The van der Waals surface area contributed by atoms with Gasteiger partial charge in [-0.2, -0.15) is 0 Å². The van der Waals surface area contributed by atoms with Crippen LogP contribution in [0.5, 0.6) is 0 Å². The topological polar surface area (TPSA) is 83.6 Å². The van der Waals surface area contributed by atoms with Gasteiger partial charge in [0.25, 0.3) is 0 Å². The van der Waals surface area contributed by atoms with Crippen molar-refractivity contribution in [2.24, 2.45) is 17.8 Å². The highest BCUT2D eigenvalue weighted by Gasteiger charge is 2.43. The highest BCUT2D eigenvalue weighted by molar-refractivity contribution is 5.85. The van der Waals surface area contributed by atoms with Crippen LogP contribution in [0.15, 0.2) is 10.6 Å². The first-order valence-corrected chi connectivity index (χ1v) is 7.32. The zero-order valence-corrected chi connectivity index (χ0v) is 12.7. The minimum absolute atomic E-state index is 0.112. The lowest BCUT2D eigenvalue weighted by molar-refractivity contribution is -0.148. The molecular formula is C15H22N2O4. The van der Waals surface area contributed by atoms with Gasteiger partial charge >= 0.3 is 5.97 Å². The molecule has 0 spiro atoms. The van der Waals surface area contributed by atoms with Crippen LogP contribution in [0.4, 0.5) is 0 Å². The van der Waals surface area contributed by atoms with E-state index >= 15 is 0 Å². The van der Waals surface area contributed by atoms with Crippen LogP contribution < -0.4 is 0 Å². The smallest absolute Gasteiger partial charge is 0.307 e. The standard InChI is InChI=1S/C15H22N2O4/c1-4-10-6-12(13(7-10)15(19)20)14(18)17(3)8-11-5-9(2)21-16-11/h5,10,12-13H,4,6-8H2,1-3H3,(H,19,20)/t10?,12-,13+/m0/s1. The molecule has 0 bridgehead atoms. The number of aryl methyl sites for hydroxylation is 1. The van der Waals surface area contributed by atoms with E-state index in [1.165, 1.54) is 0 Å². The Morgan fingerprint density at radius 1 is 1.43 bits per heavy atom. The minimum atomic E-state index is -0.866. The lowest BCUT2D eigenvalue weighted by Crippen LogP contribution is -2.36. The Balaban J connectivity index is 2.05. The number of aromatic nitrogens is 1. The number of carboxylic acids is 1. The number of hydrogen-bond donors (Lipinski definition) is 1. The Bertz CT molecular complexity index is 525. The minimum Gasteiger partial charge on any atom is -0.481 e. The molecule has 1 aromatic rings. The SMILES string of the molecule is CCC1C[C@H](C(=O)N(C)Cc2cc(C)on2)[C@H](C(=O)O)C1. The summed E-state index contributed by atoms with van der Waals surface area (Å²) in [5.41, 5.74) is 0.681. The third kappa shape index (κ3) is 3.43. The molecule has 1 aromatic heterocycles. The van der Waals surface area contributed by atoms with Gasteiger partial charge in [0, 0.05) is 13.1 Å². The van der Waals surface area contributed by atoms with Crippen molar-refractivity contribution in [1.29, 1.82) is 0 Å². The van der Waals surface area contributed by atoms with E-state index in [1.54, 1.807) is 24.9 Å². The molecule has 1 heterocycles. The maximum atomic E-state index is 12.5. The van der Waals surface area contributed by atoms with Gasteiger partial charge in [-0.15, -0.1) is 0 Å². The second-order valence-corrected chi connectivity index (χ2v) is 5.92. The molecule has 1 saturated carbocycles. The number of nitrogens with zero attached hydrogens (tertiary/aromatic N) is 2. The van der Waals surface area contributed by atoms with Gasteiger partial charge in [-0.05, 0) is 25.7 Å². The van der Waals surface area contributed by atoms with E-state index in [-0.39, 0.29) is 5.91 Å². The van der Waals surface area contributed by atoms with Crippen LogP contribution in [0.3, 0.4) is 0 Å². The summed E-state index contributed by atoms with van der Waals surface area (Å²) in [4.78, 5) is 25.5. The molecule has 6 nitrogen and oxygen atoms in total. The molecule has 0 aromatic carbocycles. The molecule has 0 radical (unpaired) electrons. The number of aliphatic carboxylic acids is 1. The Morgan fingerprint density at radius 3 is 2.62 bits per heavy atom. The van der Waals surface area contributed by atoms with Crippen LogP contribution in [-0.4, -0.2) is 34.1 Å². The maximum absolute atomic E-state index is 12.5. The van der Waals surface area contributed by atoms with Crippen molar-refractivity contribution in [3.63, 3.8) is 0 Å². The molecule has 21 heavy (non-hydrogen) atoms. The van der Waals surface area contributed by atoms with Gasteiger partial charge in [0.2, 0.25) is 5.91 Å². The predicted molar refractivity (Wildman–Crippen MR) is 75.3 cm³/mol. The lowest BCUT2D eigenvalue weighted by atomic mass is 9.95. The normalized spacial score (nSPS) is 25.0. The summed E-state index contributed by atoms with van der Waals surface area (Å²) in [5, 5.41) is 13.2. The molecular weight excluding hydrogens is 272 g/mol. The molecule has 6 heteroatoms. The number of carbonyl (C=O) groups excluding carboxylic acids is 1. The highest BCUT2D eigenvalue weighted by Crippen LogP contribution is 2.39. The molecule has 1 aliphatic rings. The van der Waals surface area contributed by atoms with Gasteiger partial charge in [-0.3, -0.25) is 9.59 Å². The van der Waals surface area contributed by atoms with Crippen molar-refractivity contribution in [3.8, 4) is 0 Å². The first kappa shape index (κ1) is 15.5. The molecule has 1 N–H and O–H groups in total. The lowest BCUT2D eigenvalue weighted by Gasteiger charge is -2.22. The Morgan fingerprint density at radius 2 is 2.10 bits per heavy atom. The molecule has 1 fully saturated rings. The fourth-order valence-corrected chi connectivity index (χ4v) is 3.12. The van der Waals surface area contributed by atoms with E-state index in [9.17, 15) is 14.7 Å². The second kappa shape index (κ2) is 6.28. The average molecular weight is 294 g/mol. The summed E-state index contributed by atoms with van der Waals surface area (Å²) in [7, 11) is 1.69. The quantitative estimate of drug-likeness (QED) is 0.898. The summed E-state index contributed by atoms with van der Waals surface area (Å²) in [6, 6.07) is 1.78. The Hall–Kier alpha value is -1.85. The summed E-state index contributed by atoms with van der Waals surface area (Å²) in [6.07, 6.45) is 2.17. The van der Waals surface area contributed by atoms with Gasteiger partial charge in [0.1, 0.15) is 11.5 Å². The largest absolute Gasteiger partial charge is 0.481 e. The number of hydrogen-bond acceptors (Lipinski definition) is 4. The fraction of sp³-hybridized carbons (Fsp3) is 0.667. The predicted octanol–water partition coefficient (Wildman–Crippen LogP) is 2.08. The van der Waals surface area contributed by atoms with Crippen LogP contribution in [0, 0.1) is 24.7 Å². The zero-order valence-electron chi connectivity index (χ0n) is 12.7. The molecule has 1 unspecified atom stereocenters. The number of rotatable bonds is 5. The van der Waals surface area contributed by atoms with Crippen LogP contribution in [0.25, 0.3) is 0 Å². The van der Waals surface area contributed by atoms with E-state index < -0.39 is 17.8 Å². The van der Waals surface area contributed by atoms with Crippen molar-refractivity contribution >= 4 is 11.9 Å². The van der Waals surface area contributed by atoms with Crippen molar-refractivity contribution in [3.05, 3.63) is 17.5 Å². The summed E-state index contributed by atoms with van der Waals surface area (Å²) in [6.45, 7) is 4.18. The second-order valence-electron chi connectivity index (χ2n) is 5.92. The fourth-order valence-electron chi connectivity index (χ4n) is 3.12. The van der Waals surface area contributed by atoms with E-state index in [0.29, 0.717) is 36.8 Å². The first-order chi connectivity index (χ1) is 9.92. The van der Waals surface area contributed by atoms with E-state index in [2.05, 4.69) is 5.16 Å². The molecule has 3 atom stereocenters. The molecule has 1 aliphatic carbocycles. The Labute approximate surface area is 124 Å². The van der Waals surface area contributed by atoms with Gasteiger partial charge < -0.3 is 14.5 Å². The van der Waals surface area contributed by atoms with Crippen LogP contribution in [0.1, 0.15) is 37.6 Å². The van der Waals surface area contributed by atoms with E-state index in [4.69, 9.17) is 4.52 Å². The van der Waals surface area contributed by atoms with E-state index in [0.717, 1.165) is 6.42 Å². The van der Waals surface area contributed by atoms with Gasteiger partial charge in [0.05, 0.1) is 18.4 Å². The number of carbonyl (C=O) groups is 2. The van der Waals surface area contributed by atoms with Crippen molar-refractivity contribution in [2.75, 3.05) is 7.05 Å². The molecule has 116 valence electrons. The number of carboxylic acid groups (broad SMARTS) is 1. The Kier molecular flexibility index (Phi) is 4.65. The van der Waals surface area contributed by atoms with Gasteiger partial charge in [-0.1, -0.05) is 18.5 Å². The molecule has 1 amide bonds. The third-order valence-electron chi connectivity index (χ3n) is 4.32.